The molecule has 1 aliphatic rings. The first-order valence-electron chi connectivity index (χ1n) is 9.31. The Morgan fingerprint density at radius 1 is 1.35 bits per heavy atom. The highest BCUT2D eigenvalue weighted by molar-refractivity contribution is 8.00. The Balaban J connectivity index is 1.78. The number of hydrogen-bond acceptors (Lipinski definition) is 7. The molecule has 0 bridgehead atoms. The van der Waals surface area contributed by atoms with E-state index in [-0.39, 0.29) is 11.1 Å². The van der Waals surface area contributed by atoms with Crippen LogP contribution in [-0.4, -0.2) is 65.5 Å². The van der Waals surface area contributed by atoms with Gasteiger partial charge in [0, 0.05) is 18.1 Å². The number of benzene rings is 1. The van der Waals surface area contributed by atoms with E-state index < -0.39 is 23.9 Å². The number of ether oxygens (including phenoxy) is 2. The Labute approximate surface area is 186 Å². The van der Waals surface area contributed by atoms with Crippen LogP contribution in [0.25, 0.3) is 0 Å². The third kappa shape index (κ3) is 6.17. The number of alkyl halides is 3. The van der Waals surface area contributed by atoms with Gasteiger partial charge in [0.05, 0.1) is 31.3 Å². The Hall–Kier alpha value is -2.18. The van der Waals surface area contributed by atoms with E-state index in [1.54, 1.807) is 24.0 Å². The molecule has 1 saturated heterocycles. The van der Waals surface area contributed by atoms with Crippen molar-refractivity contribution in [2.75, 3.05) is 43.6 Å². The van der Waals surface area contributed by atoms with Gasteiger partial charge in [0.15, 0.2) is 5.16 Å². The molecular formula is C18H21ClF3N5O3S. The predicted molar refractivity (Wildman–Crippen MR) is 111 cm³/mol. The molecule has 8 nitrogen and oxygen atoms in total. The molecule has 1 N–H and O–H groups in total. The van der Waals surface area contributed by atoms with Crippen LogP contribution in [0.2, 0.25) is 5.02 Å². The van der Waals surface area contributed by atoms with Gasteiger partial charge in [-0.25, -0.2) is 0 Å². The van der Waals surface area contributed by atoms with Gasteiger partial charge in [-0.05, 0) is 25.1 Å². The summed E-state index contributed by atoms with van der Waals surface area (Å²) in [6.07, 6.45) is -4.47. The average molecular weight is 480 g/mol. The van der Waals surface area contributed by atoms with Crippen molar-refractivity contribution in [2.45, 2.75) is 30.1 Å². The molecule has 0 aliphatic carbocycles. The lowest BCUT2D eigenvalue weighted by Gasteiger charge is -2.28. The average Bonchev–Trinajstić information content (AvgIpc) is 3.09. The van der Waals surface area contributed by atoms with Gasteiger partial charge in [0.25, 0.3) is 0 Å². The molecule has 1 aromatic carbocycles. The van der Waals surface area contributed by atoms with E-state index in [1.165, 1.54) is 13.2 Å². The molecule has 1 unspecified atom stereocenters. The summed E-state index contributed by atoms with van der Waals surface area (Å²) in [5.41, 5.74) is 0.359. The Morgan fingerprint density at radius 2 is 2.06 bits per heavy atom. The van der Waals surface area contributed by atoms with E-state index in [1.807, 2.05) is 0 Å². The van der Waals surface area contributed by atoms with Crippen LogP contribution in [0.3, 0.4) is 0 Å². The normalized spacial score (nSPS) is 15.6. The van der Waals surface area contributed by atoms with Crippen LogP contribution < -0.4 is 15.0 Å². The van der Waals surface area contributed by atoms with E-state index in [0.717, 1.165) is 16.3 Å². The Kier molecular flexibility index (Phi) is 7.55. The largest absolute Gasteiger partial charge is 0.495 e. The minimum Gasteiger partial charge on any atom is -0.495 e. The van der Waals surface area contributed by atoms with Gasteiger partial charge in [-0.1, -0.05) is 23.4 Å². The molecule has 0 spiro atoms. The molecule has 1 aromatic heterocycles. The number of carbonyl (C=O) groups is 1. The van der Waals surface area contributed by atoms with Crippen molar-refractivity contribution < 1.29 is 27.4 Å². The summed E-state index contributed by atoms with van der Waals surface area (Å²) < 4.78 is 51.1. The number of aromatic nitrogens is 3. The summed E-state index contributed by atoms with van der Waals surface area (Å²) in [6.45, 7) is 1.91. The monoisotopic (exact) mass is 479 g/mol. The number of hydrogen-bond donors (Lipinski definition) is 1. The molecule has 1 atom stereocenters. The zero-order valence-electron chi connectivity index (χ0n) is 16.8. The van der Waals surface area contributed by atoms with E-state index >= 15 is 0 Å². The number of nitrogens with one attached hydrogen (secondary N) is 1. The Morgan fingerprint density at radius 3 is 2.71 bits per heavy atom. The van der Waals surface area contributed by atoms with Crippen LogP contribution in [0.4, 0.5) is 24.8 Å². The van der Waals surface area contributed by atoms with Crippen molar-refractivity contribution >= 4 is 40.9 Å². The zero-order chi connectivity index (χ0) is 22.6. The van der Waals surface area contributed by atoms with Gasteiger partial charge in [-0.2, -0.15) is 13.2 Å². The summed E-state index contributed by atoms with van der Waals surface area (Å²) in [5.74, 6) is 0.0667. The van der Waals surface area contributed by atoms with E-state index in [0.29, 0.717) is 42.8 Å². The fourth-order valence-corrected chi connectivity index (χ4v) is 3.92. The molecule has 1 fully saturated rings. The topological polar surface area (TPSA) is 81.5 Å². The maximum Gasteiger partial charge on any atom is 0.406 e. The van der Waals surface area contributed by atoms with Gasteiger partial charge in [0.2, 0.25) is 11.9 Å². The second kappa shape index (κ2) is 9.96. The van der Waals surface area contributed by atoms with Crippen molar-refractivity contribution in [1.82, 2.24) is 14.8 Å². The Bertz CT molecular complexity index is 921. The van der Waals surface area contributed by atoms with Crippen molar-refractivity contribution in [3.63, 3.8) is 0 Å². The van der Waals surface area contributed by atoms with Crippen LogP contribution in [0.1, 0.15) is 6.92 Å². The van der Waals surface area contributed by atoms with Crippen LogP contribution >= 0.6 is 23.4 Å². The maximum atomic E-state index is 13.2. The molecule has 2 heterocycles. The number of rotatable bonds is 7. The molecular weight excluding hydrogens is 459 g/mol. The highest BCUT2D eigenvalue weighted by Gasteiger charge is 2.33. The lowest BCUT2D eigenvalue weighted by molar-refractivity contribution is -0.141. The summed E-state index contributed by atoms with van der Waals surface area (Å²) in [7, 11) is 1.45. The summed E-state index contributed by atoms with van der Waals surface area (Å²) in [5, 5.41) is 10.2. The van der Waals surface area contributed by atoms with Gasteiger partial charge >= 0.3 is 6.18 Å². The highest BCUT2D eigenvalue weighted by Crippen LogP contribution is 2.32. The van der Waals surface area contributed by atoms with Crippen LogP contribution in [-0.2, 0) is 16.1 Å². The van der Waals surface area contributed by atoms with Gasteiger partial charge in [-0.3, -0.25) is 9.36 Å². The quantitative estimate of drug-likeness (QED) is 0.609. The minimum absolute atomic E-state index is 0.000439. The zero-order valence-corrected chi connectivity index (χ0v) is 18.4. The maximum absolute atomic E-state index is 13.2. The molecule has 3 rings (SSSR count). The molecule has 13 heteroatoms. The number of amides is 1. The van der Waals surface area contributed by atoms with Gasteiger partial charge in [0.1, 0.15) is 12.3 Å². The SMILES string of the molecule is COc1ccc(Cl)cc1NC(=O)C(C)Sc1nnc(N2CCOCC2)n1CC(F)(F)F. The summed E-state index contributed by atoms with van der Waals surface area (Å²) in [4.78, 5) is 14.4. The van der Waals surface area contributed by atoms with Crippen LogP contribution in [0.5, 0.6) is 5.75 Å². The summed E-state index contributed by atoms with van der Waals surface area (Å²) >= 11 is 6.86. The van der Waals surface area contributed by atoms with E-state index in [9.17, 15) is 18.0 Å². The van der Waals surface area contributed by atoms with Gasteiger partial charge in [-0.15, -0.1) is 10.2 Å². The van der Waals surface area contributed by atoms with Crippen molar-refractivity contribution in [3.8, 4) is 5.75 Å². The lowest BCUT2D eigenvalue weighted by Crippen LogP contribution is -2.38. The van der Waals surface area contributed by atoms with Gasteiger partial charge < -0.3 is 19.7 Å². The number of thioether (sulfide) groups is 1. The number of morpholine rings is 1. The number of nitrogens with zero attached hydrogens (tertiary/aromatic N) is 4. The first-order chi connectivity index (χ1) is 14.7. The van der Waals surface area contributed by atoms with Crippen LogP contribution in [0.15, 0.2) is 23.4 Å². The third-order valence-electron chi connectivity index (χ3n) is 4.40. The number of halogens is 4. The second-order valence-electron chi connectivity index (χ2n) is 6.68. The second-order valence-corrected chi connectivity index (χ2v) is 8.42. The molecule has 2 aromatic rings. The number of methoxy groups -OCH3 is 1. The summed E-state index contributed by atoms with van der Waals surface area (Å²) in [6, 6.07) is 4.74. The molecule has 0 saturated carbocycles. The standard InChI is InChI=1S/C18H21ClF3N5O3S/c1-11(15(28)23-13-9-12(19)3-4-14(13)29-2)31-17-25-24-16(26-5-7-30-8-6-26)27(17)10-18(20,21)22/h3-4,9,11H,5-8,10H2,1-2H3,(H,23,28). The molecule has 1 amide bonds. The molecule has 1 aliphatic heterocycles. The molecule has 0 radical (unpaired) electrons. The fourth-order valence-electron chi connectivity index (χ4n) is 2.91. The van der Waals surface area contributed by atoms with Crippen molar-refractivity contribution in [2.24, 2.45) is 0 Å². The van der Waals surface area contributed by atoms with E-state index in [4.69, 9.17) is 21.1 Å². The van der Waals surface area contributed by atoms with E-state index in [2.05, 4.69) is 15.5 Å². The lowest BCUT2D eigenvalue weighted by atomic mass is 10.3. The third-order valence-corrected chi connectivity index (χ3v) is 5.72. The van der Waals surface area contributed by atoms with Crippen molar-refractivity contribution in [3.05, 3.63) is 23.2 Å². The fraction of sp³-hybridized carbons (Fsp3) is 0.500. The molecule has 170 valence electrons. The molecule has 31 heavy (non-hydrogen) atoms. The predicted octanol–water partition coefficient (Wildman–Crippen LogP) is 3.46. The number of carbonyl (C=O) groups excluding carboxylic acids is 1. The highest BCUT2D eigenvalue weighted by atomic mass is 35.5. The van der Waals surface area contributed by atoms with Crippen molar-refractivity contribution in [1.29, 1.82) is 0 Å². The smallest absolute Gasteiger partial charge is 0.406 e. The first-order valence-corrected chi connectivity index (χ1v) is 10.6. The minimum atomic E-state index is -4.47. The number of anilines is 2. The first kappa shape index (κ1) is 23.5. The van der Waals surface area contributed by atoms with Crippen LogP contribution in [0, 0.1) is 0 Å².